The monoisotopic (exact) mass is 293 g/mol. The van der Waals surface area contributed by atoms with Crippen molar-refractivity contribution in [3.8, 4) is 6.07 Å². The maximum absolute atomic E-state index is 13.3. The molecule has 0 bridgehead atoms. The molecule has 5 heteroatoms. The Labute approximate surface area is 125 Å². The highest BCUT2D eigenvalue weighted by molar-refractivity contribution is 5.85. The summed E-state index contributed by atoms with van der Waals surface area (Å²) >= 11 is 0. The highest BCUT2D eigenvalue weighted by Crippen LogP contribution is 2.40. The molecule has 0 aromatic carbocycles. The van der Waals surface area contributed by atoms with Gasteiger partial charge in [-0.05, 0) is 32.3 Å². The average molecular weight is 293 g/mol. The Bertz CT molecular complexity index is 475. The van der Waals surface area contributed by atoms with Crippen LogP contribution >= 0.6 is 0 Å². The molecule has 2 aliphatic rings. The van der Waals surface area contributed by atoms with E-state index in [1.165, 1.54) is 5.57 Å². The Morgan fingerprint density at radius 1 is 1.57 bits per heavy atom. The van der Waals surface area contributed by atoms with E-state index >= 15 is 0 Å². The molecule has 116 valence electrons. The molecular formula is C16H24FN3O. The first kappa shape index (κ1) is 16.0. The zero-order chi connectivity index (χ0) is 15.6. The third kappa shape index (κ3) is 4.04. The van der Waals surface area contributed by atoms with Gasteiger partial charge in [-0.3, -0.25) is 4.79 Å². The molecule has 1 aliphatic heterocycles. The largest absolute Gasteiger partial charge is 0.320 e. The maximum Gasteiger partial charge on any atom is 0.241 e. The fourth-order valence-electron chi connectivity index (χ4n) is 2.92. The zero-order valence-corrected chi connectivity index (χ0v) is 12.8. The summed E-state index contributed by atoms with van der Waals surface area (Å²) in [4.78, 5) is 14.0. The summed E-state index contributed by atoms with van der Waals surface area (Å²) in [6, 6.07) is 1.33. The van der Waals surface area contributed by atoms with Gasteiger partial charge in [0, 0.05) is 6.42 Å². The van der Waals surface area contributed by atoms with Gasteiger partial charge in [-0.1, -0.05) is 25.3 Å². The van der Waals surface area contributed by atoms with Crippen molar-refractivity contribution in [3.05, 3.63) is 11.6 Å². The quantitative estimate of drug-likeness (QED) is 0.579. The lowest BCUT2D eigenvalue weighted by Crippen LogP contribution is -2.47. The average Bonchev–Trinajstić information content (AvgIpc) is 3.07. The van der Waals surface area contributed by atoms with Gasteiger partial charge in [-0.2, -0.15) is 5.26 Å². The van der Waals surface area contributed by atoms with Crippen molar-refractivity contribution in [2.45, 2.75) is 76.2 Å². The Balaban J connectivity index is 1.70. The van der Waals surface area contributed by atoms with Crippen molar-refractivity contribution in [3.63, 3.8) is 0 Å². The number of carbonyl (C=O) groups excluding carboxylic acids is 1. The Kier molecular flexibility index (Phi) is 4.67. The fourth-order valence-corrected chi connectivity index (χ4v) is 2.92. The van der Waals surface area contributed by atoms with E-state index in [9.17, 15) is 9.18 Å². The number of halogens is 1. The second-order valence-corrected chi connectivity index (χ2v) is 6.71. The van der Waals surface area contributed by atoms with Crippen LogP contribution in [-0.4, -0.2) is 34.6 Å². The van der Waals surface area contributed by atoms with Crippen LogP contribution in [0, 0.1) is 11.3 Å². The summed E-state index contributed by atoms with van der Waals surface area (Å²) in [5, 5.41) is 9.08. The summed E-state index contributed by atoms with van der Waals surface area (Å²) in [5.41, 5.74) is 6.03. The van der Waals surface area contributed by atoms with Crippen LogP contribution in [0.1, 0.15) is 52.4 Å². The van der Waals surface area contributed by atoms with E-state index in [1.807, 2.05) is 6.08 Å². The van der Waals surface area contributed by atoms with Gasteiger partial charge >= 0.3 is 0 Å². The van der Waals surface area contributed by atoms with Crippen LogP contribution in [0.3, 0.4) is 0 Å². The molecule has 0 saturated carbocycles. The van der Waals surface area contributed by atoms with Crippen LogP contribution in [0.15, 0.2) is 11.6 Å². The highest BCUT2D eigenvalue weighted by atomic mass is 19.1. The van der Waals surface area contributed by atoms with Crippen LogP contribution in [-0.2, 0) is 4.79 Å². The number of nitriles is 1. The molecule has 4 nitrogen and oxygen atoms in total. The van der Waals surface area contributed by atoms with Crippen molar-refractivity contribution in [2.24, 2.45) is 5.73 Å². The number of likely N-dealkylation sites (tertiary alicyclic amines) is 1. The first-order chi connectivity index (χ1) is 9.83. The Hall–Kier alpha value is -1.41. The van der Waals surface area contributed by atoms with Gasteiger partial charge < -0.3 is 10.6 Å². The van der Waals surface area contributed by atoms with Crippen LogP contribution in [0.5, 0.6) is 0 Å². The first-order valence-corrected chi connectivity index (χ1v) is 7.70. The van der Waals surface area contributed by atoms with Gasteiger partial charge in [0.1, 0.15) is 11.7 Å². The topological polar surface area (TPSA) is 70.1 Å². The summed E-state index contributed by atoms with van der Waals surface area (Å²) in [7, 11) is 0. The molecule has 1 aliphatic carbocycles. The van der Waals surface area contributed by atoms with Crippen molar-refractivity contribution in [1.82, 2.24) is 4.90 Å². The van der Waals surface area contributed by atoms with Crippen molar-refractivity contribution in [2.75, 3.05) is 0 Å². The highest BCUT2D eigenvalue weighted by Gasteiger charge is 2.47. The molecule has 1 fully saturated rings. The predicted molar refractivity (Wildman–Crippen MR) is 79.0 cm³/mol. The first-order valence-electron chi connectivity index (χ1n) is 7.70. The summed E-state index contributed by atoms with van der Waals surface area (Å²) in [6.07, 6.45) is 6.33. The Morgan fingerprint density at radius 3 is 2.90 bits per heavy atom. The lowest BCUT2D eigenvalue weighted by atomic mass is 10.0. The van der Waals surface area contributed by atoms with E-state index in [0.29, 0.717) is 19.3 Å². The van der Waals surface area contributed by atoms with Gasteiger partial charge in [0.2, 0.25) is 5.91 Å². The number of nitrogens with zero attached hydrogens (tertiary/aromatic N) is 2. The smallest absolute Gasteiger partial charge is 0.241 e. The molecule has 2 N–H and O–H groups in total. The minimum Gasteiger partial charge on any atom is -0.320 e. The minimum absolute atomic E-state index is 0.0561. The number of unbranched alkanes of at least 4 members (excludes halogenated alkanes) is 2. The minimum atomic E-state index is -1.12. The number of rotatable bonds is 7. The van der Waals surface area contributed by atoms with Crippen LogP contribution in [0.2, 0.25) is 0 Å². The molecule has 0 aromatic heterocycles. The van der Waals surface area contributed by atoms with E-state index in [-0.39, 0.29) is 18.0 Å². The molecule has 1 amide bonds. The molecule has 21 heavy (non-hydrogen) atoms. The van der Waals surface area contributed by atoms with Gasteiger partial charge in [-0.25, -0.2) is 4.39 Å². The molecule has 3 atom stereocenters. The lowest BCUT2D eigenvalue weighted by molar-refractivity contribution is -0.133. The normalized spacial score (nSPS) is 25.1. The number of hydrogen-bond donors (Lipinski definition) is 1. The molecular weight excluding hydrogens is 269 g/mol. The number of amides is 1. The van der Waals surface area contributed by atoms with Crippen LogP contribution in [0.25, 0.3) is 0 Å². The van der Waals surface area contributed by atoms with E-state index in [2.05, 4.69) is 6.07 Å². The van der Waals surface area contributed by atoms with E-state index < -0.39 is 11.7 Å². The van der Waals surface area contributed by atoms with Crippen LogP contribution in [0.4, 0.5) is 4.39 Å². The fraction of sp³-hybridized carbons (Fsp3) is 0.750. The van der Waals surface area contributed by atoms with Crippen molar-refractivity contribution in [1.29, 1.82) is 5.26 Å². The zero-order valence-electron chi connectivity index (χ0n) is 12.8. The molecule has 1 saturated heterocycles. The van der Waals surface area contributed by atoms with E-state index in [4.69, 9.17) is 11.0 Å². The number of carbonyl (C=O) groups is 1. The predicted octanol–water partition coefficient (Wildman–Crippen LogP) is 2.45. The van der Waals surface area contributed by atoms with Gasteiger partial charge in [-0.15, -0.1) is 0 Å². The summed E-state index contributed by atoms with van der Waals surface area (Å²) in [5.74, 6) is -0.124. The lowest BCUT2D eigenvalue weighted by Gasteiger charge is -2.25. The molecule has 2 unspecified atom stereocenters. The number of fused-ring (bicyclic) bond motifs is 1. The summed E-state index contributed by atoms with van der Waals surface area (Å²) in [6.45, 7) is 3.16. The third-order valence-electron chi connectivity index (χ3n) is 4.21. The Morgan fingerprint density at radius 2 is 2.29 bits per heavy atom. The number of hydrogen-bond acceptors (Lipinski definition) is 3. The van der Waals surface area contributed by atoms with Crippen molar-refractivity contribution >= 4 is 5.91 Å². The van der Waals surface area contributed by atoms with Crippen LogP contribution < -0.4 is 5.73 Å². The number of nitrogens with two attached hydrogens (primary N) is 1. The molecule has 0 spiro atoms. The SMILES string of the molecule is CC(C)(F)CCCCCC(N)C(=O)N1C2C=C2C[C@H]1C#N. The molecule has 1 heterocycles. The molecule has 0 radical (unpaired) electrons. The van der Waals surface area contributed by atoms with Crippen molar-refractivity contribution < 1.29 is 9.18 Å². The van der Waals surface area contributed by atoms with Gasteiger partial charge in [0.05, 0.1) is 18.2 Å². The standard InChI is InChI=1S/C16H24FN3O/c1-16(2,17)7-5-3-4-6-13(19)15(21)20-12(10-18)8-11-9-14(11)20/h9,12-14H,3-8,19H2,1-2H3/t12-,13?,14?/m0/s1. The van der Waals surface area contributed by atoms with E-state index in [0.717, 1.165) is 19.3 Å². The third-order valence-corrected chi connectivity index (χ3v) is 4.21. The van der Waals surface area contributed by atoms with Gasteiger partial charge in [0.15, 0.2) is 0 Å². The molecule has 0 aromatic rings. The number of alkyl halides is 1. The second-order valence-electron chi connectivity index (χ2n) is 6.71. The van der Waals surface area contributed by atoms with Gasteiger partial charge in [0.25, 0.3) is 0 Å². The van der Waals surface area contributed by atoms with E-state index in [1.54, 1.807) is 18.7 Å². The second kappa shape index (κ2) is 6.15. The maximum atomic E-state index is 13.3. The molecule has 2 rings (SSSR count). The summed E-state index contributed by atoms with van der Waals surface area (Å²) < 4.78 is 13.3.